The monoisotopic (exact) mass is 345 g/mol. The van der Waals surface area contributed by atoms with Gasteiger partial charge in [0.25, 0.3) is 5.56 Å². The molecular formula is C18H23N3O2S. The average Bonchev–Trinajstić information content (AvgIpc) is 2.48. The molecule has 6 heteroatoms. The summed E-state index contributed by atoms with van der Waals surface area (Å²) in [5.74, 6) is 0.239. The van der Waals surface area contributed by atoms with Crippen LogP contribution in [0.5, 0.6) is 0 Å². The SMILES string of the molecule is Cc1cc(C)c(NC(=O)CSc2nc(C(C)C)cc(=O)[nH]2)c(C)c1. The zero-order valence-corrected chi connectivity index (χ0v) is 15.5. The van der Waals surface area contributed by atoms with Gasteiger partial charge in [-0.3, -0.25) is 9.59 Å². The third-order valence-corrected chi connectivity index (χ3v) is 4.49. The smallest absolute Gasteiger partial charge is 0.251 e. The van der Waals surface area contributed by atoms with Crippen molar-refractivity contribution in [3.05, 3.63) is 50.9 Å². The second-order valence-corrected chi connectivity index (χ2v) is 7.20. The first-order chi connectivity index (χ1) is 11.3. The van der Waals surface area contributed by atoms with Crippen LogP contribution in [0.15, 0.2) is 28.2 Å². The van der Waals surface area contributed by atoms with Gasteiger partial charge in [0.2, 0.25) is 5.91 Å². The van der Waals surface area contributed by atoms with Crippen LogP contribution in [0.2, 0.25) is 0 Å². The quantitative estimate of drug-likeness (QED) is 0.642. The predicted molar refractivity (Wildman–Crippen MR) is 99.0 cm³/mol. The third-order valence-electron chi connectivity index (χ3n) is 3.61. The van der Waals surface area contributed by atoms with Crippen molar-refractivity contribution in [1.29, 1.82) is 0 Å². The molecule has 5 nitrogen and oxygen atoms in total. The molecule has 1 amide bonds. The van der Waals surface area contributed by atoms with E-state index in [4.69, 9.17) is 0 Å². The lowest BCUT2D eigenvalue weighted by Gasteiger charge is -2.12. The van der Waals surface area contributed by atoms with Gasteiger partial charge in [0, 0.05) is 11.8 Å². The van der Waals surface area contributed by atoms with E-state index in [9.17, 15) is 9.59 Å². The average molecular weight is 345 g/mol. The molecule has 0 aliphatic heterocycles. The fraction of sp³-hybridized carbons (Fsp3) is 0.389. The van der Waals surface area contributed by atoms with Crippen LogP contribution in [0.1, 0.15) is 42.1 Å². The number of nitrogens with zero attached hydrogens (tertiary/aromatic N) is 1. The number of carbonyl (C=O) groups is 1. The van der Waals surface area contributed by atoms with Crippen molar-refractivity contribution >= 4 is 23.4 Å². The van der Waals surface area contributed by atoms with Gasteiger partial charge in [-0.1, -0.05) is 43.3 Å². The Labute approximate surface area is 146 Å². The van der Waals surface area contributed by atoms with Crippen molar-refractivity contribution in [2.24, 2.45) is 0 Å². The standard InChI is InChI=1S/C18H23N3O2S/c1-10(2)14-8-15(22)21-18(19-14)24-9-16(23)20-17-12(4)6-11(3)7-13(17)5/h6-8,10H,9H2,1-5H3,(H,20,23)(H,19,21,22). The summed E-state index contributed by atoms with van der Waals surface area (Å²) in [7, 11) is 0. The molecule has 2 N–H and O–H groups in total. The molecule has 24 heavy (non-hydrogen) atoms. The summed E-state index contributed by atoms with van der Waals surface area (Å²) in [5, 5.41) is 3.42. The number of thioether (sulfide) groups is 1. The van der Waals surface area contributed by atoms with Crippen molar-refractivity contribution in [1.82, 2.24) is 9.97 Å². The Kier molecular flexibility index (Phi) is 5.83. The van der Waals surface area contributed by atoms with Crippen molar-refractivity contribution in [3.63, 3.8) is 0 Å². The van der Waals surface area contributed by atoms with E-state index in [-0.39, 0.29) is 23.1 Å². The molecule has 0 aliphatic rings. The van der Waals surface area contributed by atoms with Gasteiger partial charge in [0.1, 0.15) is 0 Å². The minimum absolute atomic E-state index is 0.118. The molecule has 2 rings (SSSR count). The highest BCUT2D eigenvalue weighted by molar-refractivity contribution is 7.99. The molecule has 0 fully saturated rings. The Bertz CT molecular complexity index is 789. The summed E-state index contributed by atoms with van der Waals surface area (Å²) in [6.45, 7) is 9.95. The van der Waals surface area contributed by atoms with Gasteiger partial charge >= 0.3 is 0 Å². The molecule has 0 atom stereocenters. The molecule has 0 aliphatic carbocycles. The van der Waals surface area contributed by atoms with Crippen LogP contribution in [0.25, 0.3) is 0 Å². The Hall–Kier alpha value is -2.08. The zero-order chi connectivity index (χ0) is 17.9. The highest BCUT2D eigenvalue weighted by Crippen LogP contribution is 2.22. The molecule has 2 aromatic rings. The summed E-state index contributed by atoms with van der Waals surface area (Å²) >= 11 is 1.23. The summed E-state index contributed by atoms with van der Waals surface area (Å²) in [4.78, 5) is 30.9. The minimum atomic E-state index is -0.193. The van der Waals surface area contributed by atoms with E-state index in [1.807, 2.05) is 46.8 Å². The molecule has 0 spiro atoms. The number of H-pyrrole nitrogens is 1. The minimum Gasteiger partial charge on any atom is -0.325 e. The maximum atomic E-state index is 12.2. The summed E-state index contributed by atoms with van der Waals surface area (Å²) in [5.41, 5.74) is 4.64. The molecule has 1 heterocycles. The van der Waals surface area contributed by atoms with E-state index in [1.165, 1.54) is 23.4 Å². The Morgan fingerprint density at radius 3 is 2.42 bits per heavy atom. The van der Waals surface area contributed by atoms with Crippen molar-refractivity contribution in [3.8, 4) is 0 Å². The van der Waals surface area contributed by atoms with E-state index in [0.717, 1.165) is 22.5 Å². The topological polar surface area (TPSA) is 74.8 Å². The molecule has 1 aromatic heterocycles. The Morgan fingerprint density at radius 1 is 1.21 bits per heavy atom. The number of aromatic nitrogens is 2. The van der Waals surface area contributed by atoms with Crippen LogP contribution < -0.4 is 10.9 Å². The molecule has 1 aromatic carbocycles. The third kappa shape index (κ3) is 4.71. The van der Waals surface area contributed by atoms with Crippen LogP contribution in [0.4, 0.5) is 5.69 Å². The van der Waals surface area contributed by atoms with Crippen LogP contribution in [-0.2, 0) is 4.79 Å². The van der Waals surface area contributed by atoms with Gasteiger partial charge in [-0.2, -0.15) is 0 Å². The highest BCUT2D eigenvalue weighted by atomic mass is 32.2. The zero-order valence-electron chi connectivity index (χ0n) is 14.7. The first kappa shape index (κ1) is 18.3. The van der Waals surface area contributed by atoms with Gasteiger partial charge in [-0.05, 0) is 37.8 Å². The Morgan fingerprint density at radius 2 is 1.83 bits per heavy atom. The molecule has 0 saturated carbocycles. The highest BCUT2D eigenvalue weighted by Gasteiger charge is 2.11. The number of hydrogen-bond donors (Lipinski definition) is 2. The number of amides is 1. The molecule has 0 radical (unpaired) electrons. The number of benzene rings is 1. The first-order valence-corrected chi connectivity index (χ1v) is 8.86. The molecule has 0 saturated heterocycles. The van der Waals surface area contributed by atoms with Gasteiger partial charge in [-0.25, -0.2) is 4.98 Å². The van der Waals surface area contributed by atoms with Crippen molar-refractivity contribution in [2.75, 3.05) is 11.1 Å². The molecule has 0 unspecified atom stereocenters. The predicted octanol–water partition coefficient (Wildman–Crippen LogP) is 3.55. The summed E-state index contributed by atoms with van der Waals surface area (Å²) in [6, 6.07) is 5.58. The number of rotatable bonds is 5. The molecule has 128 valence electrons. The number of anilines is 1. The van der Waals surface area contributed by atoms with E-state index in [2.05, 4.69) is 15.3 Å². The number of aromatic amines is 1. The first-order valence-electron chi connectivity index (χ1n) is 7.88. The van der Waals surface area contributed by atoms with Gasteiger partial charge in [-0.15, -0.1) is 0 Å². The lowest BCUT2D eigenvalue weighted by Crippen LogP contribution is -2.17. The maximum absolute atomic E-state index is 12.2. The number of aryl methyl sites for hydroxylation is 3. The van der Waals surface area contributed by atoms with Crippen LogP contribution in [-0.4, -0.2) is 21.6 Å². The fourth-order valence-corrected chi connectivity index (χ4v) is 3.19. The van der Waals surface area contributed by atoms with Crippen molar-refractivity contribution < 1.29 is 4.79 Å². The summed E-state index contributed by atoms with van der Waals surface area (Å²) in [6.07, 6.45) is 0. The van der Waals surface area contributed by atoms with Crippen molar-refractivity contribution in [2.45, 2.75) is 45.7 Å². The molecular weight excluding hydrogens is 322 g/mol. The van der Waals surface area contributed by atoms with Gasteiger partial charge in [0.05, 0.1) is 11.4 Å². The number of nitrogens with one attached hydrogen (secondary N) is 2. The van der Waals surface area contributed by atoms with Gasteiger partial charge < -0.3 is 10.3 Å². The Balaban J connectivity index is 2.05. The second-order valence-electron chi connectivity index (χ2n) is 6.24. The maximum Gasteiger partial charge on any atom is 0.251 e. The lowest BCUT2D eigenvalue weighted by molar-refractivity contribution is -0.113. The van der Waals surface area contributed by atoms with E-state index < -0.39 is 0 Å². The largest absolute Gasteiger partial charge is 0.325 e. The number of carbonyl (C=O) groups excluding carboxylic acids is 1. The second kappa shape index (κ2) is 7.66. The van der Waals surface area contributed by atoms with Crippen LogP contribution in [0.3, 0.4) is 0 Å². The van der Waals surface area contributed by atoms with Crippen LogP contribution in [0, 0.1) is 20.8 Å². The van der Waals surface area contributed by atoms with Gasteiger partial charge in [0.15, 0.2) is 5.16 Å². The van der Waals surface area contributed by atoms with E-state index in [1.54, 1.807) is 0 Å². The van der Waals surface area contributed by atoms with Crippen LogP contribution >= 0.6 is 11.8 Å². The van der Waals surface area contributed by atoms with E-state index >= 15 is 0 Å². The van der Waals surface area contributed by atoms with E-state index in [0.29, 0.717) is 5.16 Å². The number of hydrogen-bond acceptors (Lipinski definition) is 4. The summed E-state index contributed by atoms with van der Waals surface area (Å²) < 4.78 is 0. The molecule has 0 bridgehead atoms. The lowest BCUT2D eigenvalue weighted by atomic mass is 10.1. The fourth-order valence-electron chi connectivity index (χ4n) is 2.50. The normalized spacial score (nSPS) is 10.9.